The fraction of sp³-hybridized carbons (Fsp3) is 0.211. The predicted octanol–water partition coefficient (Wildman–Crippen LogP) is 1.56. The number of aromatic nitrogens is 1. The van der Waals surface area contributed by atoms with Crippen LogP contribution in [0.3, 0.4) is 0 Å². The molecule has 0 aliphatic carbocycles. The number of rotatable bonds is 7. The molecule has 0 saturated carbocycles. The number of esters is 1. The smallest absolute Gasteiger partial charge is 0.326 e. The first-order valence-corrected chi connectivity index (χ1v) is 11.3. The van der Waals surface area contributed by atoms with E-state index in [0.717, 1.165) is 11.3 Å². The number of ether oxygens (including phenoxy) is 2. The Hall–Kier alpha value is -3.09. The Labute approximate surface area is 180 Å². The molecule has 9 nitrogen and oxygen atoms in total. The maximum Gasteiger partial charge on any atom is 0.326 e. The zero-order valence-electron chi connectivity index (χ0n) is 16.3. The fourth-order valence-electron chi connectivity index (χ4n) is 2.62. The van der Waals surface area contributed by atoms with Crippen molar-refractivity contribution >= 4 is 43.5 Å². The topological polar surface area (TPSA) is 130 Å². The van der Waals surface area contributed by atoms with Crippen molar-refractivity contribution < 1.29 is 31.9 Å². The first-order valence-electron chi connectivity index (χ1n) is 8.95. The van der Waals surface area contributed by atoms with Crippen molar-refractivity contribution in [3.63, 3.8) is 0 Å². The summed E-state index contributed by atoms with van der Waals surface area (Å²) >= 11 is 1.01. The van der Waals surface area contributed by atoms with E-state index in [-0.39, 0.29) is 22.8 Å². The van der Waals surface area contributed by atoms with Crippen molar-refractivity contribution in [2.45, 2.75) is 18.4 Å². The lowest BCUT2D eigenvalue weighted by molar-refractivity contribution is -0.143. The first-order chi connectivity index (χ1) is 14.7. The van der Waals surface area contributed by atoms with Crippen LogP contribution < -0.4 is 14.7 Å². The Balaban J connectivity index is 1.96. The summed E-state index contributed by atoms with van der Waals surface area (Å²) in [6, 6.07) is 9.25. The minimum Gasteiger partial charge on any atom is -0.484 e. The Morgan fingerprint density at radius 2 is 1.90 bits per heavy atom. The third-order valence-corrected chi connectivity index (χ3v) is 5.92. The average Bonchev–Trinajstić information content (AvgIpc) is 3.03. The summed E-state index contributed by atoms with van der Waals surface area (Å²) in [6.45, 7) is 1.19. The number of carbonyl (C=O) groups excluding carboxylic acids is 2. The standard InChI is InChI=1S/C19H18FN3O6S2/c1-2-28-18(25)10-23-15-8-7-14(31(21,26)27)9-16(15)30-19(23)22-17(24)11-29-13-5-3-12(20)4-6-13/h3-9H,2,10-11H2,1H3,(H2,21,26,27). The van der Waals surface area contributed by atoms with Crippen LogP contribution in [0, 0.1) is 5.82 Å². The van der Waals surface area contributed by atoms with Gasteiger partial charge >= 0.3 is 5.97 Å². The number of benzene rings is 2. The molecule has 0 spiro atoms. The molecule has 0 aliphatic rings. The number of carbonyl (C=O) groups is 2. The molecule has 0 radical (unpaired) electrons. The van der Waals surface area contributed by atoms with Crippen LogP contribution in [-0.4, -0.2) is 38.1 Å². The number of halogens is 1. The van der Waals surface area contributed by atoms with Crippen LogP contribution >= 0.6 is 11.3 Å². The van der Waals surface area contributed by atoms with Crippen molar-refractivity contribution in [1.29, 1.82) is 0 Å². The van der Waals surface area contributed by atoms with Crippen molar-refractivity contribution in [2.75, 3.05) is 13.2 Å². The molecule has 1 heterocycles. The van der Waals surface area contributed by atoms with Gasteiger partial charge in [0.1, 0.15) is 18.1 Å². The molecule has 2 N–H and O–H groups in total. The van der Waals surface area contributed by atoms with Gasteiger partial charge in [-0.15, -0.1) is 0 Å². The second kappa shape index (κ2) is 9.37. The van der Waals surface area contributed by atoms with Crippen LogP contribution in [0.25, 0.3) is 10.2 Å². The molecule has 2 aromatic carbocycles. The lowest BCUT2D eigenvalue weighted by Crippen LogP contribution is -2.24. The van der Waals surface area contributed by atoms with Crippen LogP contribution in [0.5, 0.6) is 5.75 Å². The summed E-state index contributed by atoms with van der Waals surface area (Å²) in [7, 11) is -3.93. The largest absolute Gasteiger partial charge is 0.484 e. The summed E-state index contributed by atoms with van der Waals surface area (Å²) in [4.78, 5) is 28.4. The predicted molar refractivity (Wildman–Crippen MR) is 110 cm³/mol. The number of primary sulfonamides is 1. The lowest BCUT2D eigenvalue weighted by Gasteiger charge is -2.06. The van der Waals surface area contributed by atoms with Gasteiger partial charge < -0.3 is 14.0 Å². The van der Waals surface area contributed by atoms with Gasteiger partial charge in [0.2, 0.25) is 10.0 Å². The normalized spacial score (nSPS) is 12.2. The molecule has 164 valence electrons. The molecule has 0 fully saturated rings. The van der Waals surface area contributed by atoms with Gasteiger partial charge in [-0.2, -0.15) is 4.99 Å². The molecule has 0 aliphatic heterocycles. The molecule has 3 aromatic rings. The average molecular weight is 468 g/mol. The summed E-state index contributed by atoms with van der Waals surface area (Å²) < 4.78 is 48.4. The van der Waals surface area contributed by atoms with E-state index < -0.39 is 34.3 Å². The van der Waals surface area contributed by atoms with E-state index in [1.165, 1.54) is 47.0 Å². The highest BCUT2D eigenvalue weighted by Gasteiger charge is 2.15. The van der Waals surface area contributed by atoms with E-state index in [1.54, 1.807) is 6.92 Å². The monoisotopic (exact) mass is 467 g/mol. The molecule has 1 aromatic heterocycles. The molecule has 31 heavy (non-hydrogen) atoms. The minimum atomic E-state index is -3.93. The van der Waals surface area contributed by atoms with Gasteiger partial charge in [0.05, 0.1) is 21.7 Å². The summed E-state index contributed by atoms with van der Waals surface area (Å²) in [6.07, 6.45) is 0. The van der Waals surface area contributed by atoms with Gasteiger partial charge in [-0.05, 0) is 49.4 Å². The molecule has 12 heteroatoms. The summed E-state index contributed by atoms with van der Waals surface area (Å²) in [5.74, 6) is -1.35. The first kappa shape index (κ1) is 22.6. The Morgan fingerprint density at radius 1 is 1.19 bits per heavy atom. The van der Waals surface area contributed by atoms with Crippen molar-refractivity contribution in [2.24, 2.45) is 10.1 Å². The maximum atomic E-state index is 13.0. The molecule has 0 unspecified atom stereocenters. The van der Waals surface area contributed by atoms with Crippen molar-refractivity contribution in [3.8, 4) is 5.75 Å². The van der Waals surface area contributed by atoms with Gasteiger partial charge in [-0.1, -0.05) is 11.3 Å². The summed E-state index contributed by atoms with van der Waals surface area (Å²) in [5, 5.41) is 5.18. The Bertz CT molecular complexity index is 1300. The van der Waals surface area contributed by atoms with Gasteiger partial charge in [0.15, 0.2) is 11.4 Å². The molecular formula is C19H18FN3O6S2. The van der Waals surface area contributed by atoms with Crippen molar-refractivity contribution in [3.05, 3.63) is 53.1 Å². The van der Waals surface area contributed by atoms with E-state index in [2.05, 4.69) is 4.99 Å². The van der Waals surface area contributed by atoms with Gasteiger partial charge in [-0.3, -0.25) is 9.59 Å². The van der Waals surface area contributed by atoms with Gasteiger partial charge in [-0.25, -0.2) is 17.9 Å². The fourth-order valence-corrected chi connectivity index (χ4v) is 4.32. The second-order valence-electron chi connectivity index (χ2n) is 6.20. The van der Waals surface area contributed by atoms with Crippen LogP contribution in [0.1, 0.15) is 6.92 Å². The number of nitrogens with zero attached hydrogens (tertiary/aromatic N) is 2. The Kier molecular flexibility index (Phi) is 6.83. The molecule has 3 rings (SSSR count). The van der Waals surface area contributed by atoms with E-state index in [9.17, 15) is 22.4 Å². The van der Waals surface area contributed by atoms with Crippen LogP contribution in [-0.2, 0) is 30.9 Å². The quantitative estimate of drug-likeness (QED) is 0.525. The Morgan fingerprint density at radius 3 is 2.55 bits per heavy atom. The number of fused-ring (bicyclic) bond motifs is 1. The molecule has 0 bridgehead atoms. The lowest BCUT2D eigenvalue weighted by atomic mass is 10.3. The minimum absolute atomic E-state index is 0.109. The number of nitrogens with two attached hydrogens (primary N) is 1. The number of amides is 1. The SMILES string of the molecule is CCOC(=O)Cn1c(=NC(=O)COc2ccc(F)cc2)sc2cc(S(N)(=O)=O)ccc21. The molecular weight excluding hydrogens is 449 g/mol. The second-order valence-corrected chi connectivity index (χ2v) is 8.77. The highest BCUT2D eigenvalue weighted by atomic mass is 32.2. The van der Waals surface area contributed by atoms with E-state index in [4.69, 9.17) is 14.6 Å². The van der Waals surface area contributed by atoms with Crippen molar-refractivity contribution in [1.82, 2.24) is 4.57 Å². The molecule has 1 amide bonds. The number of sulfonamides is 1. The molecule has 0 atom stereocenters. The highest BCUT2D eigenvalue weighted by molar-refractivity contribution is 7.89. The third-order valence-electron chi connectivity index (χ3n) is 3.97. The van der Waals surface area contributed by atoms with E-state index in [0.29, 0.717) is 16.0 Å². The zero-order valence-corrected chi connectivity index (χ0v) is 17.9. The van der Waals surface area contributed by atoms with Crippen LogP contribution in [0.4, 0.5) is 4.39 Å². The van der Waals surface area contributed by atoms with E-state index in [1.807, 2.05) is 0 Å². The number of hydrogen-bond acceptors (Lipinski definition) is 7. The van der Waals surface area contributed by atoms with Crippen LogP contribution in [0.15, 0.2) is 52.4 Å². The van der Waals surface area contributed by atoms with Gasteiger partial charge in [0, 0.05) is 0 Å². The third kappa shape index (κ3) is 5.75. The molecule has 0 saturated heterocycles. The van der Waals surface area contributed by atoms with Gasteiger partial charge in [0.25, 0.3) is 5.91 Å². The highest BCUT2D eigenvalue weighted by Crippen LogP contribution is 2.21. The van der Waals surface area contributed by atoms with Crippen LogP contribution in [0.2, 0.25) is 0 Å². The van der Waals surface area contributed by atoms with E-state index >= 15 is 0 Å². The maximum absolute atomic E-state index is 13.0. The number of thiazole rings is 1. The summed E-state index contributed by atoms with van der Waals surface area (Å²) in [5.41, 5.74) is 0.483. The zero-order chi connectivity index (χ0) is 22.6. The number of hydrogen-bond donors (Lipinski definition) is 1.